The van der Waals surface area contributed by atoms with Crippen molar-refractivity contribution in [2.75, 3.05) is 14.2 Å². The van der Waals surface area contributed by atoms with Crippen molar-refractivity contribution >= 4 is 0 Å². The molecular formula is C11H17NO4. The van der Waals surface area contributed by atoms with Gasteiger partial charge >= 0.3 is 0 Å². The first-order chi connectivity index (χ1) is 7.51. The molecule has 1 rings (SSSR count). The second-order valence-corrected chi connectivity index (χ2v) is 3.58. The molecule has 0 aromatic heterocycles. The van der Waals surface area contributed by atoms with E-state index in [1.807, 2.05) is 0 Å². The van der Waals surface area contributed by atoms with Gasteiger partial charge in [-0.3, -0.25) is 0 Å². The molecule has 0 aliphatic rings. The summed E-state index contributed by atoms with van der Waals surface area (Å²) in [7, 11) is 2.89. The van der Waals surface area contributed by atoms with Crippen LogP contribution in [0.5, 0.6) is 17.2 Å². The first kappa shape index (κ1) is 12.6. The third-order valence-corrected chi connectivity index (χ3v) is 2.32. The summed E-state index contributed by atoms with van der Waals surface area (Å²) < 4.78 is 10.0. The fourth-order valence-electron chi connectivity index (χ4n) is 1.44. The van der Waals surface area contributed by atoms with Gasteiger partial charge in [-0.2, -0.15) is 0 Å². The number of hydrogen-bond donors (Lipinski definition) is 3. The zero-order valence-corrected chi connectivity index (χ0v) is 9.60. The number of aliphatic hydroxyl groups is 1. The zero-order valence-electron chi connectivity index (χ0n) is 9.60. The highest BCUT2D eigenvalue weighted by Gasteiger charge is 2.18. The van der Waals surface area contributed by atoms with Crippen LogP contribution in [0, 0.1) is 0 Å². The van der Waals surface area contributed by atoms with Crippen LogP contribution in [0.25, 0.3) is 0 Å². The van der Waals surface area contributed by atoms with Crippen LogP contribution in [-0.2, 0) is 0 Å². The Bertz CT molecular complexity index is 365. The number of hydrogen-bond acceptors (Lipinski definition) is 5. The lowest BCUT2D eigenvalue weighted by molar-refractivity contribution is 0.152. The summed E-state index contributed by atoms with van der Waals surface area (Å²) in [6.07, 6.45) is -0.856. The molecule has 0 heterocycles. The number of phenolic OH excluding ortho intramolecular Hbond substituents is 1. The maximum atomic E-state index is 9.77. The zero-order chi connectivity index (χ0) is 12.3. The number of benzene rings is 1. The Morgan fingerprint density at radius 2 is 1.88 bits per heavy atom. The van der Waals surface area contributed by atoms with Crippen LogP contribution in [0.1, 0.15) is 18.6 Å². The van der Waals surface area contributed by atoms with Crippen LogP contribution in [0.15, 0.2) is 12.1 Å². The second-order valence-electron chi connectivity index (χ2n) is 3.58. The van der Waals surface area contributed by atoms with Crippen molar-refractivity contribution in [2.45, 2.75) is 19.1 Å². The number of aliphatic hydroxyl groups excluding tert-OH is 1. The Kier molecular flexibility index (Phi) is 3.98. The molecule has 0 aliphatic heterocycles. The van der Waals surface area contributed by atoms with Crippen LogP contribution < -0.4 is 15.2 Å². The van der Waals surface area contributed by atoms with Gasteiger partial charge in [0.05, 0.1) is 20.3 Å². The molecule has 0 radical (unpaired) electrons. The fourth-order valence-corrected chi connectivity index (χ4v) is 1.44. The second kappa shape index (κ2) is 5.05. The van der Waals surface area contributed by atoms with Gasteiger partial charge in [0.1, 0.15) is 0 Å². The molecule has 0 unspecified atom stereocenters. The van der Waals surface area contributed by atoms with Crippen LogP contribution >= 0.6 is 0 Å². The Balaban J connectivity index is 3.20. The van der Waals surface area contributed by atoms with E-state index in [-0.39, 0.29) is 11.5 Å². The standard InChI is InChI=1S/C11H17NO4/c1-6(12)10(14)7-4-8(13)11(16-3)9(5-7)15-2/h4-6,10,13-14H,12H2,1-3H3/t6-,10-/m0/s1. The van der Waals surface area contributed by atoms with E-state index in [1.54, 1.807) is 13.0 Å². The fraction of sp³-hybridized carbons (Fsp3) is 0.455. The Morgan fingerprint density at radius 3 is 2.31 bits per heavy atom. The first-order valence-electron chi connectivity index (χ1n) is 4.89. The normalized spacial score (nSPS) is 14.3. The van der Waals surface area contributed by atoms with Crippen molar-refractivity contribution < 1.29 is 19.7 Å². The predicted octanol–water partition coefficient (Wildman–Crippen LogP) is 0.790. The summed E-state index contributed by atoms with van der Waals surface area (Å²) in [6.45, 7) is 1.68. The maximum Gasteiger partial charge on any atom is 0.203 e. The van der Waals surface area contributed by atoms with Crippen molar-refractivity contribution in [1.82, 2.24) is 0 Å². The van der Waals surface area contributed by atoms with E-state index in [0.29, 0.717) is 11.3 Å². The molecule has 2 atom stereocenters. The van der Waals surface area contributed by atoms with Gasteiger partial charge in [0.15, 0.2) is 11.5 Å². The minimum absolute atomic E-state index is 0.0865. The first-order valence-corrected chi connectivity index (χ1v) is 4.89. The molecule has 0 bridgehead atoms. The molecule has 0 saturated carbocycles. The van der Waals surface area contributed by atoms with E-state index in [2.05, 4.69) is 0 Å². The van der Waals surface area contributed by atoms with Crippen LogP contribution in [0.3, 0.4) is 0 Å². The average molecular weight is 227 g/mol. The minimum atomic E-state index is -0.856. The lowest BCUT2D eigenvalue weighted by Gasteiger charge is -2.17. The number of methoxy groups -OCH3 is 2. The van der Waals surface area contributed by atoms with Gasteiger partial charge in [-0.15, -0.1) is 0 Å². The van der Waals surface area contributed by atoms with Gasteiger partial charge in [-0.05, 0) is 24.6 Å². The lowest BCUT2D eigenvalue weighted by atomic mass is 10.0. The van der Waals surface area contributed by atoms with Gasteiger partial charge in [0.25, 0.3) is 0 Å². The number of aromatic hydroxyl groups is 1. The largest absolute Gasteiger partial charge is 0.504 e. The Labute approximate surface area is 94.4 Å². The number of ether oxygens (including phenoxy) is 2. The predicted molar refractivity (Wildman–Crippen MR) is 59.8 cm³/mol. The summed E-state index contributed by atoms with van der Waals surface area (Å²) in [5, 5.41) is 19.5. The molecule has 5 heteroatoms. The Hall–Kier alpha value is -1.46. The van der Waals surface area contributed by atoms with Crippen LogP contribution in [-0.4, -0.2) is 30.5 Å². The third-order valence-electron chi connectivity index (χ3n) is 2.32. The molecular weight excluding hydrogens is 210 g/mol. The van der Waals surface area contributed by atoms with Crippen molar-refractivity contribution in [3.63, 3.8) is 0 Å². The number of phenols is 1. The summed E-state index contributed by atoms with van der Waals surface area (Å²) in [6, 6.07) is 2.57. The quantitative estimate of drug-likeness (QED) is 0.708. The van der Waals surface area contributed by atoms with E-state index in [1.165, 1.54) is 20.3 Å². The SMILES string of the molecule is COc1cc([C@@H](O)[C@H](C)N)cc(O)c1OC. The average Bonchev–Trinajstić information content (AvgIpc) is 2.26. The van der Waals surface area contributed by atoms with Gasteiger partial charge in [0, 0.05) is 6.04 Å². The number of rotatable bonds is 4. The third kappa shape index (κ3) is 2.37. The highest BCUT2D eigenvalue weighted by Crippen LogP contribution is 2.39. The number of nitrogens with two attached hydrogens (primary N) is 1. The van der Waals surface area contributed by atoms with E-state index >= 15 is 0 Å². The van der Waals surface area contributed by atoms with E-state index in [0.717, 1.165) is 0 Å². The molecule has 0 fully saturated rings. The van der Waals surface area contributed by atoms with Crippen LogP contribution in [0.2, 0.25) is 0 Å². The monoisotopic (exact) mass is 227 g/mol. The molecule has 0 spiro atoms. The van der Waals surface area contributed by atoms with Crippen LogP contribution in [0.4, 0.5) is 0 Å². The Morgan fingerprint density at radius 1 is 1.25 bits per heavy atom. The molecule has 16 heavy (non-hydrogen) atoms. The van der Waals surface area contributed by atoms with E-state index in [9.17, 15) is 10.2 Å². The minimum Gasteiger partial charge on any atom is -0.504 e. The van der Waals surface area contributed by atoms with E-state index < -0.39 is 12.1 Å². The summed E-state index contributed by atoms with van der Waals surface area (Å²) in [5.41, 5.74) is 6.07. The molecule has 0 saturated heterocycles. The van der Waals surface area contributed by atoms with Gasteiger partial charge in [-0.1, -0.05) is 0 Å². The summed E-state index contributed by atoms with van der Waals surface area (Å²) in [4.78, 5) is 0. The highest BCUT2D eigenvalue weighted by molar-refractivity contribution is 5.53. The topological polar surface area (TPSA) is 84.9 Å². The smallest absolute Gasteiger partial charge is 0.203 e. The van der Waals surface area contributed by atoms with Gasteiger partial charge in [0.2, 0.25) is 5.75 Å². The molecule has 0 amide bonds. The van der Waals surface area contributed by atoms with Crippen molar-refractivity contribution in [1.29, 1.82) is 0 Å². The van der Waals surface area contributed by atoms with Crippen molar-refractivity contribution in [3.8, 4) is 17.2 Å². The maximum absolute atomic E-state index is 9.77. The van der Waals surface area contributed by atoms with Gasteiger partial charge < -0.3 is 25.4 Å². The molecule has 90 valence electrons. The van der Waals surface area contributed by atoms with Crippen molar-refractivity contribution in [2.24, 2.45) is 5.73 Å². The highest BCUT2D eigenvalue weighted by atomic mass is 16.5. The molecule has 5 nitrogen and oxygen atoms in total. The van der Waals surface area contributed by atoms with Crippen molar-refractivity contribution in [3.05, 3.63) is 17.7 Å². The molecule has 0 aliphatic carbocycles. The van der Waals surface area contributed by atoms with Gasteiger partial charge in [-0.25, -0.2) is 0 Å². The molecule has 4 N–H and O–H groups in total. The van der Waals surface area contributed by atoms with E-state index in [4.69, 9.17) is 15.2 Å². The summed E-state index contributed by atoms with van der Waals surface area (Å²) in [5.74, 6) is 0.511. The molecule has 1 aromatic rings. The summed E-state index contributed by atoms with van der Waals surface area (Å²) >= 11 is 0. The lowest BCUT2D eigenvalue weighted by Crippen LogP contribution is -2.24. The molecule has 1 aromatic carbocycles.